The van der Waals surface area contributed by atoms with Gasteiger partial charge in [0.15, 0.2) is 0 Å². The molecule has 7 heteroatoms. The zero-order valence-electron chi connectivity index (χ0n) is 14.9. The minimum absolute atomic E-state index is 0.0687. The highest BCUT2D eigenvalue weighted by molar-refractivity contribution is 8.00. The van der Waals surface area contributed by atoms with Crippen LogP contribution >= 0.6 is 46.3 Å². The second kappa shape index (κ2) is 9.11. The van der Waals surface area contributed by atoms with Crippen molar-refractivity contribution in [1.29, 1.82) is 0 Å². The van der Waals surface area contributed by atoms with Crippen LogP contribution < -0.4 is 5.32 Å². The Morgan fingerprint density at radius 1 is 1.15 bits per heavy atom. The molecule has 1 amide bonds. The molecule has 0 bridgehead atoms. The molecule has 1 heterocycles. The molecule has 0 fully saturated rings. The van der Waals surface area contributed by atoms with Crippen molar-refractivity contribution < 1.29 is 4.79 Å². The molecular formula is C20H18Cl2N2OS2. The van der Waals surface area contributed by atoms with Gasteiger partial charge >= 0.3 is 0 Å². The predicted molar refractivity (Wildman–Crippen MR) is 116 cm³/mol. The van der Waals surface area contributed by atoms with E-state index in [1.807, 2.05) is 49.6 Å². The maximum atomic E-state index is 12.3. The zero-order chi connectivity index (χ0) is 19.4. The molecule has 140 valence electrons. The molecule has 0 saturated carbocycles. The third-order valence-corrected chi connectivity index (χ3v) is 6.73. The van der Waals surface area contributed by atoms with Gasteiger partial charge in [0, 0.05) is 26.9 Å². The number of hydrogen-bond acceptors (Lipinski definition) is 4. The Morgan fingerprint density at radius 2 is 1.96 bits per heavy atom. The smallest absolute Gasteiger partial charge is 0.230 e. The fraction of sp³-hybridized carbons (Fsp3) is 0.200. The summed E-state index contributed by atoms with van der Waals surface area (Å²) in [5.74, 6) is 0.637. The van der Waals surface area contributed by atoms with Crippen LogP contribution in [0.5, 0.6) is 0 Å². The number of halogens is 2. The topological polar surface area (TPSA) is 42.0 Å². The van der Waals surface area contributed by atoms with E-state index < -0.39 is 0 Å². The van der Waals surface area contributed by atoms with Gasteiger partial charge in [-0.15, -0.1) is 11.3 Å². The van der Waals surface area contributed by atoms with Crippen molar-refractivity contribution in [3.8, 4) is 0 Å². The van der Waals surface area contributed by atoms with E-state index in [4.69, 9.17) is 23.2 Å². The molecule has 0 atom stereocenters. The van der Waals surface area contributed by atoms with Crippen LogP contribution in [-0.4, -0.2) is 10.9 Å². The van der Waals surface area contributed by atoms with Gasteiger partial charge in [0.25, 0.3) is 0 Å². The Kier molecular flexibility index (Phi) is 6.82. The summed E-state index contributed by atoms with van der Waals surface area (Å²) in [5, 5.41) is 6.13. The normalized spacial score (nSPS) is 10.8. The second-order valence-electron chi connectivity index (χ2n) is 6.15. The van der Waals surface area contributed by atoms with E-state index in [2.05, 4.69) is 10.3 Å². The number of aromatic nitrogens is 1. The number of rotatable bonds is 6. The van der Waals surface area contributed by atoms with Crippen LogP contribution in [0.25, 0.3) is 0 Å². The largest absolute Gasteiger partial charge is 0.326 e. The summed E-state index contributed by atoms with van der Waals surface area (Å²) < 4.78 is 0.912. The molecule has 1 N–H and O–H groups in total. The lowest BCUT2D eigenvalue weighted by atomic mass is 10.1. The van der Waals surface area contributed by atoms with E-state index in [1.165, 1.54) is 16.9 Å². The molecule has 0 radical (unpaired) electrons. The second-order valence-corrected chi connectivity index (χ2v) is 9.08. The van der Waals surface area contributed by atoms with Crippen LogP contribution in [0.15, 0.2) is 46.1 Å². The number of nitrogens with zero attached hydrogens (tertiary/aromatic N) is 1. The van der Waals surface area contributed by atoms with Crippen molar-refractivity contribution in [3.05, 3.63) is 74.2 Å². The summed E-state index contributed by atoms with van der Waals surface area (Å²) in [6.07, 6.45) is 0.256. The number of carbonyl (C=O) groups excluding carboxylic acids is 1. The Labute approximate surface area is 177 Å². The SMILES string of the molecule is Cc1ccc(NC(=O)Cc2csc(SCc3ccc(Cl)cc3Cl)n2)cc1C. The lowest BCUT2D eigenvalue weighted by Gasteiger charge is -2.07. The molecule has 2 aromatic carbocycles. The van der Waals surface area contributed by atoms with E-state index in [-0.39, 0.29) is 12.3 Å². The van der Waals surface area contributed by atoms with Gasteiger partial charge in [-0.05, 0) is 54.8 Å². The lowest BCUT2D eigenvalue weighted by Crippen LogP contribution is -2.14. The highest BCUT2D eigenvalue weighted by Crippen LogP contribution is 2.30. The van der Waals surface area contributed by atoms with Gasteiger partial charge < -0.3 is 5.32 Å². The first kappa shape index (κ1) is 20.2. The van der Waals surface area contributed by atoms with Gasteiger partial charge in [-0.25, -0.2) is 4.98 Å². The Morgan fingerprint density at radius 3 is 2.70 bits per heavy atom. The number of thioether (sulfide) groups is 1. The summed E-state index contributed by atoms with van der Waals surface area (Å²) in [7, 11) is 0. The van der Waals surface area contributed by atoms with Crippen molar-refractivity contribution in [3.63, 3.8) is 0 Å². The summed E-state index contributed by atoms with van der Waals surface area (Å²) >= 11 is 15.3. The third-order valence-electron chi connectivity index (χ3n) is 4.03. The van der Waals surface area contributed by atoms with Crippen molar-refractivity contribution in [2.24, 2.45) is 0 Å². The number of thiazole rings is 1. The number of anilines is 1. The Hall–Kier alpha value is -1.53. The molecule has 0 aliphatic carbocycles. The van der Waals surface area contributed by atoms with E-state index >= 15 is 0 Å². The van der Waals surface area contributed by atoms with Crippen molar-refractivity contribution in [2.45, 2.75) is 30.4 Å². The fourth-order valence-corrected chi connectivity index (χ4v) is 4.81. The summed E-state index contributed by atoms with van der Waals surface area (Å²) in [6, 6.07) is 11.4. The van der Waals surface area contributed by atoms with Crippen molar-refractivity contribution in [2.75, 3.05) is 5.32 Å². The van der Waals surface area contributed by atoms with Crippen LogP contribution in [0.2, 0.25) is 10.0 Å². The lowest BCUT2D eigenvalue weighted by molar-refractivity contribution is -0.115. The number of hydrogen-bond donors (Lipinski definition) is 1. The highest BCUT2D eigenvalue weighted by atomic mass is 35.5. The number of aryl methyl sites for hydroxylation is 2. The molecule has 3 aromatic rings. The first-order chi connectivity index (χ1) is 12.9. The molecule has 1 aromatic heterocycles. The standard InChI is InChI=1S/C20H18Cl2N2OS2/c1-12-3-6-16(7-13(12)2)23-19(25)9-17-11-27-20(24-17)26-10-14-4-5-15(21)8-18(14)22/h3-8,11H,9-10H2,1-2H3,(H,23,25). The molecule has 3 nitrogen and oxygen atoms in total. The number of amides is 1. The maximum absolute atomic E-state index is 12.3. The number of carbonyl (C=O) groups is 1. The first-order valence-electron chi connectivity index (χ1n) is 8.29. The average Bonchev–Trinajstić information content (AvgIpc) is 3.04. The van der Waals surface area contributed by atoms with Crippen LogP contribution in [0.4, 0.5) is 5.69 Å². The molecule has 0 spiro atoms. The monoisotopic (exact) mass is 436 g/mol. The molecular weight excluding hydrogens is 419 g/mol. The van der Waals surface area contributed by atoms with Gasteiger partial charge in [-0.2, -0.15) is 0 Å². The van der Waals surface area contributed by atoms with E-state index in [0.29, 0.717) is 15.8 Å². The van der Waals surface area contributed by atoms with Crippen LogP contribution in [0, 0.1) is 13.8 Å². The molecule has 27 heavy (non-hydrogen) atoms. The van der Waals surface area contributed by atoms with Crippen molar-refractivity contribution >= 4 is 57.9 Å². The molecule has 0 saturated heterocycles. The summed E-state index contributed by atoms with van der Waals surface area (Å²) in [6.45, 7) is 4.08. The van der Waals surface area contributed by atoms with Gasteiger partial charge in [-0.1, -0.05) is 47.1 Å². The average molecular weight is 437 g/mol. The number of benzene rings is 2. The molecule has 0 unspecified atom stereocenters. The molecule has 0 aliphatic heterocycles. The van der Waals surface area contributed by atoms with Crippen molar-refractivity contribution in [1.82, 2.24) is 4.98 Å². The minimum Gasteiger partial charge on any atom is -0.326 e. The van der Waals surface area contributed by atoms with Gasteiger partial charge in [0.2, 0.25) is 5.91 Å². The summed E-state index contributed by atoms with van der Waals surface area (Å²) in [4.78, 5) is 16.8. The first-order valence-corrected chi connectivity index (χ1v) is 10.9. The van der Waals surface area contributed by atoms with Crippen LogP contribution in [-0.2, 0) is 17.0 Å². The van der Waals surface area contributed by atoms with Crippen LogP contribution in [0.3, 0.4) is 0 Å². The maximum Gasteiger partial charge on any atom is 0.230 e. The fourth-order valence-electron chi connectivity index (χ4n) is 2.40. The Balaban J connectivity index is 1.55. The van der Waals surface area contributed by atoms with E-state index in [1.54, 1.807) is 17.8 Å². The van der Waals surface area contributed by atoms with Gasteiger partial charge in [-0.3, -0.25) is 4.79 Å². The van der Waals surface area contributed by atoms with Gasteiger partial charge in [0.1, 0.15) is 4.34 Å². The Bertz CT molecular complexity index is 972. The minimum atomic E-state index is -0.0687. The summed E-state index contributed by atoms with van der Waals surface area (Å²) in [5.41, 5.74) is 4.95. The highest BCUT2D eigenvalue weighted by Gasteiger charge is 2.10. The van der Waals surface area contributed by atoms with Crippen LogP contribution in [0.1, 0.15) is 22.4 Å². The van der Waals surface area contributed by atoms with E-state index in [0.717, 1.165) is 26.8 Å². The van der Waals surface area contributed by atoms with Gasteiger partial charge in [0.05, 0.1) is 12.1 Å². The van der Waals surface area contributed by atoms with E-state index in [9.17, 15) is 4.79 Å². The predicted octanol–water partition coefficient (Wildman–Crippen LogP) is 6.54. The zero-order valence-corrected chi connectivity index (χ0v) is 18.0. The number of nitrogens with one attached hydrogen (secondary N) is 1. The quantitative estimate of drug-likeness (QED) is 0.445. The molecule has 0 aliphatic rings. The molecule has 3 rings (SSSR count). The third kappa shape index (κ3) is 5.72.